The lowest BCUT2D eigenvalue weighted by Gasteiger charge is -2.16. The first-order chi connectivity index (χ1) is 13.8. The standard InChI is InChI=1S/C19H24FN5O4/c1-3-5-12(19(27)28)14(6-4-2)23-18(26)13(21)9-16-24-17(25-29-16)15-8-7-11(20)10-22-15/h7-8,10,13H,3-6,9,21H2,1-2H3,(H,23,26)(H,27,28)/b14-12-. The monoisotopic (exact) mass is 405 g/mol. The fourth-order valence-corrected chi connectivity index (χ4v) is 2.65. The number of carbonyl (C=O) groups is 2. The summed E-state index contributed by atoms with van der Waals surface area (Å²) in [5.74, 6) is -1.83. The Hall–Kier alpha value is -3.14. The molecule has 0 fully saturated rings. The van der Waals surface area contributed by atoms with Crippen LogP contribution in [0.1, 0.15) is 45.4 Å². The van der Waals surface area contributed by atoms with Gasteiger partial charge in [0.05, 0.1) is 24.2 Å². The third-order valence-corrected chi connectivity index (χ3v) is 4.05. The van der Waals surface area contributed by atoms with Crippen LogP contribution in [0.2, 0.25) is 0 Å². The summed E-state index contributed by atoms with van der Waals surface area (Å²) in [4.78, 5) is 31.9. The van der Waals surface area contributed by atoms with Gasteiger partial charge in [-0.25, -0.2) is 14.2 Å². The maximum atomic E-state index is 13.0. The maximum absolute atomic E-state index is 13.0. The summed E-state index contributed by atoms with van der Waals surface area (Å²) in [6.07, 6.45) is 3.05. The summed E-state index contributed by atoms with van der Waals surface area (Å²) in [7, 11) is 0. The van der Waals surface area contributed by atoms with Crippen LogP contribution in [0.5, 0.6) is 0 Å². The van der Waals surface area contributed by atoms with Crippen LogP contribution < -0.4 is 11.1 Å². The molecule has 0 bridgehead atoms. The van der Waals surface area contributed by atoms with E-state index < -0.39 is 23.7 Å². The van der Waals surface area contributed by atoms with Crippen LogP contribution in [0.25, 0.3) is 11.5 Å². The topological polar surface area (TPSA) is 144 Å². The van der Waals surface area contributed by atoms with Gasteiger partial charge >= 0.3 is 5.97 Å². The number of nitrogens with two attached hydrogens (primary N) is 1. The van der Waals surface area contributed by atoms with Gasteiger partial charge in [0.2, 0.25) is 17.6 Å². The van der Waals surface area contributed by atoms with Crippen molar-refractivity contribution < 1.29 is 23.6 Å². The first-order valence-corrected chi connectivity index (χ1v) is 9.31. The SMILES string of the molecule is CCC/C(NC(=O)C(N)Cc1nc(-c2ccc(F)cn2)no1)=C(\CCC)C(=O)O. The molecule has 1 amide bonds. The molecular formula is C19H24FN5O4. The first-order valence-electron chi connectivity index (χ1n) is 9.31. The minimum Gasteiger partial charge on any atom is -0.478 e. The highest BCUT2D eigenvalue weighted by Gasteiger charge is 2.22. The van der Waals surface area contributed by atoms with Crippen molar-refractivity contribution >= 4 is 11.9 Å². The quantitative estimate of drug-likeness (QED) is 0.510. The molecule has 1 unspecified atom stereocenters. The van der Waals surface area contributed by atoms with Gasteiger partial charge in [0.15, 0.2) is 0 Å². The molecule has 0 aliphatic rings. The molecule has 0 saturated carbocycles. The molecule has 9 nitrogen and oxygen atoms in total. The number of aliphatic carboxylic acids is 1. The summed E-state index contributed by atoms with van der Waals surface area (Å²) in [5.41, 5.74) is 6.80. The van der Waals surface area contributed by atoms with Gasteiger partial charge in [-0.15, -0.1) is 0 Å². The van der Waals surface area contributed by atoms with Crippen molar-refractivity contribution in [1.82, 2.24) is 20.4 Å². The molecule has 10 heteroatoms. The number of nitrogens with one attached hydrogen (secondary N) is 1. The van der Waals surface area contributed by atoms with Crippen molar-refractivity contribution in [3.63, 3.8) is 0 Å². The Labute approximate surface area is 167 Å². The second kappa shape index (κ2) is 10.4. The molecule has 1 atom stereocenters. The number of allylic oxidation sites excluding steroid dienone is 1. The summed E-state index contributed by atoms with van der Waals surface area (Å²) in [5, 5.41) is 15.8. The summed E-state index contributed by atoms with van der Waals surface area (Å²) >= 11 is 0. The van der Waals surface area contributed by atoms with E-state index in [0.29, 0.717) is 37.1 Å². The molecule has 0 saturated heterocycles. The van der Waals surface area contributed by atoms with Gasteiger partial charge in [0.25, 0.3) is 0 Å². The smallest absolute Gasteiger partial charge is 0.333 e. The second-order valence-corrected chi connectivity index (χ2v) is 6.44. The molecule has 2 heterocycles. The van der Waals surface area contributed by atoms with Crippen LogP contribution in [-0.4, -0.2) is 38.1 Å². The van der Waals surface area contributed by atoms with E-state index in [1.165, 1.54) is 12.1 Å². The van der Waals surface area contributed by atoms with Crippen LogP contribution in [0.15, 0.2) is 34.1 Å². The van der Waals surface area contributed by atoms with E-state index in [4.69, 9.17) is 10.3 Å². The molecule has 0 spiro atoms. The number of pyridine rings is 1. The molecule has 29 heavy (non-hydrogen) atoms. The van der Waals surface area contributed by atoms with E-state index in [9.17, 15) is 19.1 Å². The molecule has 2 aromatic rings. The molecular weight excluding hydrogens is 381 g/mol. The molecule has 2 rings (SSSR count). The Morgan fingerprint density at radius 2 is 2.00 bits per heavy atom. The Morgan fingerprint density at radius 1 is 1.28 bits per heavy atom. The highest BCUT2D eigenvalue weighted by molar-refractivity contribution is 5.90. The van der Waals surface area contributed by atoms with Gasteiger partial charge in [-0.1, -0.05) is 31.8 Å². The summed E-state index contributed by atoms with van der Waals surface area (Å²) in [6.45, 7) is 3.75. The lowest BCUT2D eigenvalue weighted by molar-refractivity contribution is -0.132. The minimum absolute atomic E-state index is 0.0460. The second-order valence-electron chi connectivity index (χ2n) is 6.44. The fraction of sp³-hybridized carbons (Fsp3) is 0.421. The summed E-state index contributed by atoms with van der Waals surface area (Å²) < 4.78 is 18.0. The fourth-order valence-electron chi connectivity index (χ4n) is 2.65. The molecule has 0 aliphatic carbocycles. The maximum Gasteiger partial charge on any atom is 0.333 e. The Kier molecular flexibility index (Phi) is 7.96. The van der Waals surface area contributed by atoms with Crippen molar-refractivity contribution in [3.05, 3.63) is 41.3 Å². The summed E-state index contributed by atoms with van der Waals surface area (Å²) in [6, 6.07) is 1.60. The molecule has 4 N–H and O–H groups in total. The molecule has 0 aliphatic heterocycles. The van der Waals surface area contributed by atoms with Crippen molar-refractivity contribution in [2.75, 3.05) is 0 Å². The van der Waals surface area contributed by atoms with Gasteiger partial charge in [0, 0.05) is 5.70 Å². The van der Waals surface area contributed by atoms with E-state index in [1.807, 2.05) is 13.8 Å². The van der Waals surface area contributed by atoms with Gasteiger partial charge < -0.3 is 20.7 Å². The zero-order valence-corrected chi connectivity index (χ0v) is 16.3. The number of nitrogens with zero attached hydrogens (tertiary/aromatic N) is 3. The highest BCUT2D eigenvalue weighted by atomic mass is 19.1. The van der Waals surface area contributed by atoms with Gasteiger partial charge in [-0.2, -0.15) is 4.98 Å². The highest BCUT2D eigenvalue weighted by Crippen LogP contribution is 2.16. The molecule has 0 radical (unpaired) electrons. The normalized spacial score (nSPS) is 13.0. The van der Waals surface area contributed by atoms with Crippen LogP contribution in [0.4, 0.5) is 4.39 Å². The third kappa shape index (κ3) is 6.18. The molecule has 2 aromatic heterocycles. The van der Waals surface area contributed by atoms with E-state index in [2.05, 4.69) is 20.4 Å². The van der Waals surface area contributed by atoms with E-state index in [-0.39, 0.29) is 23.7 Å². The number of aromatic nitrogens is 3. The third-order valence-electron chi connectivity index (χ3n) is 4.05. The zero-order chi connectivity index (χ0) is 21.4. The number of carboxylic acids is 1. The lowest BCUT2D eigenvalue weighted by Crippen LogP contribution is -2.42. The predicted molar refractivity (Wildman–Crippen MR) is 102 cm³/mol. The average Bonchev–Trinajstić information content (AvgIpc) is 3.14. The molecule has 156 valence electrons. The van der Waals surface area contributed by atoms with Crippen molar-refractivity contribution in [2.45, 2.75) is 52.0 Å². The van der Waals surface area contributed by atoms with Crippen molar-refractivity contribution in [1.29, 1.82) is 0 Å². The molecule has 0 aromatic carbocycles. The Balaban J connectivity index is 2.08. The lowest BCUT2D eigenvalue weighted by atomic mass is 10.0. The zero-order valence-electron chi connectivity index (χ0n) is 16.3. The number of carbonyl (C=O) groups excluding carboxylic acids is 1. The predicted octanol–water partition coefficient (Wildman–Crippen LogP) is 2.20. The van der Waals surface area contributed by atoms with Crippen LogP contribution >= 0.6 is 0 Å². The van der Waals surface area contributed by atoms with Crippen molar-refractivity contribution in [3.8, 4) is 11.5 Å². The number of halogens is 1. The Bertz CT molecular complexity index is 879. The van der Waals surface area contributed by atoms with E-state index in [0.717, 1.165) is 6.20 Å². The van der Waals surface area contributed by atoms with E-state index in [1.54, 1.807) is 0 Å². The number of amides is 1. The average molecular weight is 405 g/mol. The number of hydrogen-bond acceptors (Lipinski definition) is 7. The number of carboxylic acid groups (broad SMARTS) is 1. The van der Waals surface area contributed by atoms with Crippen molar-refractivity contribution in [2.24, 2.45) is 5.73 Å². The minimum atomic E-state index is -1.06. The number of rotatable bonds is 10. The van der Waals surface area contributed by atoms with Gasteiger partial charge in [-0.05, 0) is 25.0 Å². The van der Waals surface area contributed by atoms with Crippen LogP contribution in [0.3, 0.4) is 0 Å². The van der Waals surface area contributed by atoms with Crippen LogP contribution in [-0.2, 0) is 16.0 Å². The van der Waals surface area contributed by atoms with E-state index >= 15 is 0 Å². The van der Waals surface area contributed by atoms with Gasteiger partial charge in [-0.3, -0.25) is 4.79 Å². The first kappa shape index (κ1) is 22.2. The number of hydrogen-bond donors (Lipinski definition) is 3. The Morgan fingerprint density at radius 3 is 2.59 bits per heavy atom. The van der Waals surface area contributed by atoms with Gasteiger partial charge in [0.1, 0.15) is 11.5 Å². The largest absolute Gasteiger partial charge is 0.478 e. The van der Waals surface area contributed by atoms with Crippen LogP contribution in [0, 0.1) is 5.82 Å².